The Labute approximate surface area is 122 Å². The second kappa shape index (κ2) is 8.08. The number of hydrogen-bond donors (Lipinski definition) is 2. The number of nitrogens with zero attached hydrogens (tertiary/aromatic N) is 2. The molecule has 0 aromatic carbocycles. The maximum atomic E-state index is 4.53. The van der Waals surface area contributed by atoms with Crippen LogP contribution in [0.2, 0.25) is 0 Å². The molecular formula is C16H28N4. The molecule has 2 N–H and O–H groups in total. The molecule has 0 radical (unpaired) electrons. The summed E-state index contributed by atoms with van der Waals surface area (Å²) in [5, 5.41) is 6.80. The lowest BCUT2D eigenvalue weighted by molar-refractivity contribution is 0.318. The van der Waals surface area contributed by atoms with Gasteiger partial charge in [0, 0.05) is 18.8 Å². The first kappa shape index (κ1) is 15.1. The largest absolute Gasteiger partial charge is 0.367 e. The third-order valence-electron chi connectivity index (χ3n) is 4.08. The topological polar surface area (TPSA) is 49.8 Å². The zero-order chi connectivity index (χ0) is 14.2. The van der Waals surface area contributed by atoms with Crippen LogP contribution in [0, 0.1) is 5.92 Å². The molecule has 0 aliphatic heterocycles. The Morgan fingerprint density at radius 3 is 2.65 bits per heavy atom. The molecule has 0 bridgehead atoms. The van der Waals surface area contributed by atoms with Crippen molar-refractivity contribution in [3.05, 3.63) is 12.3 Å². The van der Waals surface area contributed by atoms with E-state index in [1.807, 2.05) is 12.3 Å². The molecule has 1 fully saturated rings. The highest BCUT2D eigenvalue weighted by molar-refractivity contribution is 5.40. The smallest absolute Gasteiger partial charge is 0.224 e. The average Bonchev–Trinajstić information content (AvgIpc) is 2.48. The minimum absolute atomic E-state index is 0.581. The third-order valence-corrected chi connectivity index (χ3v) is 4.08. The van der Waals surface area contributed by atoms with Gasteiger partial charge in [-0.3, -0.25) is 0 Å². The molecule has 0 saturated heterocycles. The van der Waals surface area contributed by atoms with Crippen LogP contribution in [0.5, 0.6) is 0 Å². The maximum Gasteiger partial charge on any atom is 0.224 e. The average molecular weight is 276 g/mol. The standard InChI is InChI=1S/C16H28N4/c1-3-5-13-6-8-14(9-7-13)19-15-10-12-18-16(20-15)17-11-4-2/h10,12-14H,3-9,11H2,1-2H3,(H2,17,18,19,20). The fraction of sp³-hybridized carbons (Fsp3) is 0.750. The molecule has 1 aliphatic carbocycles. The molecule has 1 heterocycles. The van der Waals surface area contributed by atoms with Crippen molar-refractivity contribution in [3.8, 4) is 0 Å². The molecule has 0 atom stereocenters. The summed E-state index contributed by atoms with van der Waals surface area (Å²) >= 11 is 0. The van der Waals surface area contributed by atoms with Crippen molar-refractivity contribution in [2.24, 2.45) is 5.92 Å². The van der Waals surface area contributed by atoms with Crippen LogP contribution in [0.25, 0.3) is 0 Å². The van der Waals surface area contributed by atoms with Gasteiger partial charge in [-0.15, -0.1) is 0 Å². The van der Waals surface area contributed by atoms with E-state index >= 15 is 0 Å². The van der Waals surface area contributed by atoms with E-state index in [-0.39, 0.29) is 0 Å². The number of nitrogens with one attached hydrogen (secondary N) is 2. The summed E-state index contributed by atoms with van der Waals surface area (Å²) in [6.45, 7) is 5.35. The molecule has 4 heteroatoms. The van der Waals surface area contributed by atoms with E-state index in [4.69, 9.17) is 0 Å². The molecule has 0 amide bonds. The SMILES string of the molecule is CCCNc1nccc(NC2CCC(CCC)CC2)n1. The highest BCUT2D eigenvalue weighted by Gasteiger charge is 2.20. The molecule has 0 spiro atoms. The van der Waals surface area contributed by atoms with Gasteiger partial charge >= 0.3 is 0 Å². The summed E-state index contributed by atoms with van der Waals surface area (Å²) in [6.07, 6.45) is 10.9. The Hall–Kier alpha value is -1.32. The number of anilines is 2. The normalized spacial score (nSPS) is 22.5. The molecule has 112 valence electrons. The van der Waals surface area contributed by atoms with Gasteiger partial charge < -0.3 is 10.6 Å². The van der Waals surface area contributed by atoms with E-state index in [1.54, 1.807) is 0 Å². The lowest BCUT2D eigenvalue weighted by Crippen LogP contribution is -2.26. The second-order valence-electron chi connectivity index (χ2n) is 5.84. The number of rotatable bonds is 7. The van der Waals surface area contributed by atoms with E-state index in [9.17, 15) is 0 Å². The molecule has 2 rings (SSSR count). The summed E-state index contributed by atoms with van der Waals surface area (Å²) in [7, 11) is 0. The summed E-state index contributed by atoms with van der Waals surface area (Å²) in [6, 6.07) is 2.55. The van der Waals surface area contributed by atoms with Crippen LogP contribution in [-0.2, 0) is 0 Å². The van der Waals surface area contributed by atoms with Crippen LogP contribution in [0.1, 0.15) is 58.8 Å². The molecule has 1 aromatic heterocycles. The highest BCUT2D eigenvalue weighted by Crippen LogP contribution is 2.29. The molecular weight excluding hydrogens is 248 g/mol. The van der Waals surface area contributed by atoms with Gasteiger partial charge in [-0.1, -0.05) is 26.7 Å². The molecule has 20 heavy (non-hydrogen) atoms. The monoisotopic (exact) mass is 276 g/mol. The Bertz CT molecular complexity index is 386. The summed E-state index contributed by atoms with van der Waals surface area (Å²) < 4.78 is 0. The fourth-order valence-electron chi connectivity index (χ4n) is 2.97. The van der Waals surface area contributed by atoms with Crippen LogP contribution >= 0.6 is 0 Å². The predicted molar refractivity (Wildman–Crippen MR) is 85.1 cm³/mol. The van der Waals surface area contributed by atoms with E-state index in [2.05, 4.69) is 34.4 Å². The van der Waals surface area contributed by atoms with Crippen LogP contribution < -0.4 is 10.6 Å². The van der Waals surface area contributed by atoms with Crippen LogP contribution in [0.3, 0.4) is 0 Å². The lowest BCUT2D eigenvalue weighted by Gasteiger charge is -2.29. The van der Waals surface area contributed by atoms with Gasteiger partial charge in [-0.2, -0.15) is 4.98 Å². The molecule has 1 aromatic rings. The summed E-state index contributed by atoms with van der Waals surface area (Å²) in [5.74, 6) is 2.64. The quantitative estimate of drug-likeness (QED) is 0.788. The Kier molecular flexibility index (Phi) is 6.09. The summed E-state index contributed by atoms with van der Waals surface area (Å²) in [4.78, 5) is 8.77. The van der Waals surface area contributed by atoms with Gasteiger partial charge in [0.05, 0.1) is 0 Å². The molecule has 0 unspecified atom stereocenters. The van der Waals surface area contributed by atoms with E-state index in [1.165, 1.54) is 38.5 Å². The maximum absolute atomic E-state index is 4.53. The Morgan fingerprint density at radius 1 is 1.15 bits per heavy atom. The molecule has 1 aliphatic rings. The fourth-order valence-corrected chi connectivity index (χ4v) is 2.97. The van der Waals surface area contributed by atoms with Crippen molar-refractivity contribution in [3.63, 3.8) is 0 Å². The van der Waals surface area contributed by atoms with Crippen molar-refractivity contribution in [2.45, 2.75) is 64.8 Å². The van der Waals surface area contributed by atoms with Crippen LogP contribution in [0.4, 0.5) is 11.8 Å². The first-order valence-corrected chi connectivity index (χ1v) is 8.15. The zero-order valence-corrected chi connectivity index (χ0v) is 12.9. The van der Waals surface area contributed by atoms with Crippen molar-refractivity contribution in [2.75, 3.05) is 17.2 Å². The third kappa shape index (κ3) is 4.66. The van der Waals surface area contributed by atoms with E-state index in [0.717, 1.165) is 30.6 Å². The van der Waals surface area contributed by atoms with Gasteiger partial charge in [0.15, 0.2) is 0 Å². The van der Waals surface area contributed by atoms with Crippen LogP contribution in [0.15, 0.2) is 12.3 Å². The Morgan fingerprint density at radius 2 is 1.95 bits per heavy atom. The minimum atomic E-state index is 0.581. The van der Waals surface area contributed by atoms with E-state index < -0.39 is 0 Å². The highest BCUT2D eigenvalue weighted by atomic mass is 15.1. The van der Waals surface area contributed by atoms with Gasteiger partial charge in [0.2, 0.25) is 5.95 Å². The predicted octanol–water partition coefficient (Wildman–Crippen LogP) is 4.07. The van der Waals surface area contributed by atoms with Gasteiger partial charge in [-0.05, 0) is 44.1 Å². The van der Waals surface area contributed by atoms with Crippen molar-refractivity contribution < 1.29 is 0 Å². The lowest BCUT2D eigenvalue weighted by atomic mass is 9.83. The van der Waals surface area contributed by atoms with Gasteiger partial charge in [0.1, 0.15) is 5.82 Å². The first-order chi connectivity index (χ1) is 9.81. The number of aromatic nitrogens is 2. The first-order valence-electron chi connectivity index (χ1n) is 8.15. The zero-order valence-electron chi connectivity index (χ0n) is 12.9. The van der Waals surface area contributed by atoms with Gasteiger partial charge in [0.25, 0.3) is 0 Å². The molecule has 1 saturated carbocycles. The van der Waals surface area contributed by atoms with Crippen molar-refractivity contribution in [1.29, 1.82) is 0 Å². The number of hydrogen-bond acceptors (Lipinski definition) is 4. The van der Waals surface area contributed by atoms with Crippen molar-refractivity contribution in [1.82, 2.24) is 9.97 Å². The van der Waals surface area contributed by atoms with E-state index in [0.29, 0.717) is 6.04 Å². The second-order valence-corrected chi connectivity index (χ2v) is 5.84. The van der Waals surface area contributed by atoms with Crippen molar-refractivity contribution >= 4 is 11.8 Å². The van der Waals surface area contributed by atoms with Gasteiger partial charge in [-0.25, -0.2) is 4.98 Å². The molecule has 4 nitrogen and oxygen atoms in total. The summed E-state index contributed by atoms with van der Waals surface area (Å²) in [5.41, 5.74) is 0. The minimum Gasteiger partial charge on any atom is -0.367 e. The van der Waals surface area contributed by atoms with Crippen LogP contribution in [-0.4, -0.2) is 22.6 Å². The Balaban J connectivity index is 1.81.